The molecule has 7 nitrogen and oxygen atoms in total. The van der Waals surface area contributed by atoms with Crippen molar-refractivity contribution in [3.63, 3.8) is 0 Å². The van der Waals surface area contributed by atoms with Crippen LogP contribution >= 0.6 is 11.3 Å². The summed E-state index contributed by atoms with van der Waals surface area (Å²) in [5, 5.41) is 0. The number of aryl methyl sites for hydroxylation is 1. The molecule has 0 bridgehead atoms. The molecule has 0 unspecified atom stereocenters. The molecule has 0 aliphatic carbocycles. The summed E-state index contributed by atoms with van der Waals surface area (Å²) in [6.45, 7) is 3.09. The number of aromatic amines is 1. The van der Waals surface area contributed by atoms with Crippen LogP contribution in [0.2, 0.25) is 0 Å². The maximum atomic E-state index is 12.0. The van der Waals surface area contributed by atoms with Gasteiger partial charge in [-0.15, -0.1) is 0 Å². The number of thiazole rings is 1. The van der Waals surface area contributed by atoms with Gasteiger partial charge in [-0.1, -0.05) is 11.3 Å². The van der Waals surface area contributed by atoms with Crippen LogP contribution in [0, 0.1) is 6.92 Å². The predicted molar refractivity (Wildman–Crippen MR) is 79.9 cm³/mol. The lowest BCUT2D eigenvalue weighted by atomic mass is 10.1. The monoisotopic (exact) mass is 333 g/mol. The van der Waals surface area contributed by atoms with Crippen LogP contribution in [0.5, 0.6) is 0 Å². The second kappa shape index (κ2) is 6.71. The highest BCUT2D eigenvalue weighted by Gasteiger charge is 2.21. The number of carbonyl (C=O) groups excluding carboxylic acids is 1. The second-order valence-corrected chi connectivity index (χ2v) is 7.96. The van der Waals surface area contributed by atoms with E-state index < -0.39 is 14.9 Å². The van der Waals surface area contributed by atoms with Crippen LogP contribution < -0.4 is 9.60 Å². The zero-order chi connectivity index (χ0) is 15.5. The molecule has 0 saturated carbocycles. The van der Waals surface area contributed by atoms with Gasteiger partial charge in [0.15, 0.2) is 4.21 Å². The first-order valence-corrected chi connectivity index (χ1v) is 9.17. The van der Waals surface area contributed by atoms with Gasteiger partial charge in [-0.2, -0.15) is 0 Å². The Morgan fingerprint density at radius 1 is 1.33 bits per heavy atom. The third kappa shape index (κ3) is 4.14. The number of rotatable bonds is 5. The van der Waals surface area contributed by atoms with Crippen LogP contribution in [-0.2, 0) is 14.8 Å². The van der Waals surface area contributed by atoms with Gasteiger partial charge in [0.1, 0.15) is 0 Å². The molecule has 2 heterocycles. The first kappa shape index (κ1) is 16.2. The zero-order valence-electron chi connectivity index (χ0n) is 11.8. The zero-order valence-corrected chi connectivity index (χ0v) is 13.5. The largest absolute Gasteiger partial charge is 0.343 e. The van der Waals surface area contributed by atoms with Gasteiger partial charge in [0.05, 0.1) is 0 Å². The average Bonchev–Trinajstić information content (AvgIpc) is 2.79. The fraction of sp³-hybridized carbons (Fsp3) is 0.667. The third-order valence-corrected chi connectivity index (χ3v) is 6.43. The van der Waals surface area contributed by atoms with Gasteiger partial charge in [0.2, 0.25) is 5.91 Å². The lowest BCUT2D eigenvalue weighted by Crippen LogP contribution is -2.37. The summed E-state index contributed by atoms with van der Waals surface area (Å²) in [5.74, 6) is -0.0311. The first-order valence-electron chi connectivity index (χ1n) is 6.87. The van der Waals surface area contributed by atoms with Crippen molar-refractivity contribution in [1.82, 2.24) is 14.6 Å². The Kier molecular flexibility index (Phi) is 5.17. The Hall–Kier alpha value is -1.19. The van der Waals surface area contributed by atoms with Crippen LogP contribution in [0.4, 0.5) is 0 Å². The topological polar surface area (TPSA) is 99.3 Å². The number of piperidine rings is 1. The van der Waals surface area contributed by atoms with Crippen LogP contribution in [0.1, 0.15) is 31.4 Å². The van der Waals surface area contributed by atoms with E-state index in [1.165, 1.54) is 6.92 Å². The van der Waals surface area contributed by atoms with E-state index in [1.807, 2.05) is 0 Å². The number of hydrogen-bond donors (Lipinski definition) is 2. The van der Waals surface area contributed by atoms with Crippen LogP contribution in [0.3, 0.4) is 0 Å². The standard InChI is InChI=1S/C12H19N3O4S2/c1-9-11(20-12(17)14-9)21(18,19)13-6-5-10(16)15-7-3-2-4-8-15/h13H,2-8H2,1H3,(H,14,17). The summed E-state index contributed by atoms with van der Waals surface area (Å²) < 4.78 is 26.4. The van der Waals surface area contributed by atoms with Crippen molar-refractivity contribution >= 4 is 27.3 Å². The molecule has 1 amide bonds. The average molecular weight is 333 g/mol. The van der Waals surface area contributed by atoms with E-state index in [2.05, 4.69) is 9.71 Å². The van der Waals surface area contributed by atoms with E-state index in [1.54, 1.807) is 4.90 Å². The number of nitrogens with zero attached hydrogens (tertiary/aromatic N) is 1. The summed E-state index contributed by atoms with van der Waals surface area (Å²) in [6.07, 6.45) is 3.29. The fourth-order valence-corrected chi connectivity index (χ4v) is 4.68. The Morgan fingerprint density at radius 3 is 2.57 bits per heavy atom. The number of aromatic nitrogens is 1. The lowest BCUT2D eigenvalue weighted by Gasteiger charge is -2.26. The molecule has 21 heavy (non-hydrogen) atoms. The molecular formula is C12H19N3O4S2. The van der Waals surface area contributed by atoms with Crippen molar-refractivity contribution in [1.29, 1.82) is 0 Å². The molecule has 0 spiro atoms. The number of H-pyrrole nitrogens is 1. The van der Waals surface area contributed by atoms with E-state index in [0.717, 1.165) is 32.4 Å². The molecular weight excluding hydrogens is 314 g/mol. The number of carbonyl (C=O) groups is 1. The van der Waals surface area contributed by atoms with Crippen molar-refractivity contribution in [2.45, 2.75) is 36.8 Å². The molecule has 0 radical (unpaired) electrons. The molecule has 1 aromatic rings. The number of amides is 1. The molecule has 118 valence electrons. The van der Waals surface area contributed by atoms with Gasteiger partial charge in [-0.05, 0) is 26.2 Å². The SMILES string of the molecule is Cc1[nH]c(=O)sc1S(=O)(=O)NCCC(=O)N1CCCCC1. The van der Waals surface area contributed by atoms with E-state index in [4.69, 9.17) is 0 Å². The Labute approximate surface area is 127 Å². The minimum atomic E-state index is -3.73. The minimum absolute atomic E-state index is 0.0158. The van der Waals surface area contributed by atoms with Crippen LogP contribution in [0.15, 0.2) is 9.00 Å². The Bertz CT molecular complexity index is 656. The van der Waals surface area contributed by atoms with Crippen molar-refractivity contribution in [3.8, 4) is 0 Å². The van der Waals surface area contributed by atoms with Gasteiger partial charge in [0.25, 0.3) is 10.0 Å². The molecule has 1 aromatic heterocycles. The van der Waals surface area contributed by atoms with E-state index in [-0.39, 0.29) is 23.1 Å². The molecule has 2 rings (SSSR count). The maximum absolute atomic E-state index is 12.0. The van der Waals surface area contributed by atoms with Crippen molar-refractivity contribution in [2.24, 2.45) is 0 Å². The number of nitrogens with one attached hydrogen (secondary N) is 2. The van der Waals surface area contributed by atoms with Crippen LogP contribution in [-0.4, -0.2) is 43.8 Å². The van der Waals surface area contributed by atoms with E-state index in [9.17, 15) is 18.0 Å². The summed E-state index contributed by atoms with van der Waals surface area (Å²) >= 11 is 0.651. The highest BCUT2D eigenvalue weighted by molar-refractivity contribution is 7.91. The first-order chi connectivity index (χ1) is 9.90. The second-order valence-electron chi connectivity index (χ2n) is 5.02. The molecule has 0 aromatic carbocycles. The highest BCUT2D eigenvalue weighted by Crippen LogP contribution is 2.15. The van der Waals surface area contributed by atoms with E-state index in [0.29, 0.717) is 17.0 Å². The van der Waals surface area contributed by atoms with Gasteiger partial charge < -0.3 is 9.88 Å². The number of hydrogen-bond acceptors (Lipinski definition) is 5. The Balaban J connectivity index is 1.89. The molecule has 9 heteroatoms. The molecule has 0 atom stereocenters. The number of sulfonamides is 1. The summed E-state index contributed by atoms with van der Waals surface area (Å²) in [4.78, 5) is 26.9. The molecule has 2 N–H and O–H groups in total. The van der Waals surface area contributed by atoms with Gasteiger partial charge in [-0.25, -0.2) is 13.1 Å². The summed E-state index contributed by atoms with van der Waals surface area (Å²) in [7, 11) is -3.73. The summed E-state index contributed by atoms with van der Waals surface area (Å²) in [5.41, 5.74) is 0.319. The van der Waals surface area contributed by atoms with Gasteiger partial charge in [-0.3, -0.25) is 9.59 Å². The Morgan fingerprint density at radius 2 is 2.00 bits per heavy atom. The van der Waals surface area contributed by atoms with Crippen molar-refractivity contribution < 1.29 is 13.2 Å². The van der Waals surface area contributed by atoms with Crippen molar-refractivity contribution in [2.75, 3.05) is 19.6 Å². The van der Waals surface area contributed by atoms with E-state index >= 15 is 0 Å². The van der Waals surface area contributed by atoms with Gasteiger partial charge >= 0.3 is 4.87 Å². The van der Waals surface area contributed by atoms with Gasteiger partial charge in [0, 0.05) is 31.7 Å². The molecule has 1 aliphatic heterocycles. The molecule has 1 aliphatic rings. The lowest BCUT2D eigenvalue weighted by molar-refractivity contribution is -0.131. The van der Waals surface area contributed by atoms with Crippen molar-refractivity contribution in [3.05, 3.63) is 15.4 Å². The predicted octanol–water partition coefficient (Wildman–Crippen LogP) is 0.426. The normalized spacial score (nSPS) is 16.1. The smallest absolute Gasteiger partial charge is 0.305 e. The third-order valence-electron chi connectivity index (χ3n) is 3.36. The fourth-order valence-electron chi connectivity index (χ4n) is 2.31. The maximum Gasteiger partial charge on any atom is 0.305 e. The summed E-state index contributed by atoms with van der Waals surface area (Å²) in [6, 6.07) is 0. The molecule has 1 fully saturated rings. The number of likely N-dealkylation sites (tertiary alicyclic amines) is 1. The minimum Gasteiger partial charge on any atom is -0.343 e. The highest BCUT2D eigenvalue weighted by atomic mass is 32.2. The quantitative estimate of drug-likeness (QED) is 0.816. The van der Waals surface area contributed by atoms with Crippen LogP contribution in [0.25, 0.3) is 0 Å². The molecule has 1 saturated heterocycles.